The Morgan fingerprint density at radius 3 is 2.00 bits per heavy atom. The molecule has 0 aliphatic carbocycles. The van der Waals surface area contributed by atoms with E-state index in [2.05, 4.69) is 94.8 Å². The van der Waals surface area contributed by atoms with Gasteiger partial charge < -0.3 is 4.90 Å². The average Bonchev–Trinajstić information content (AvgIpc) is 2.52. The molecule has 0 radical (unpaired) electrons. The molecule has 1 nitrogen and oxygen atoms in total. The maximum atomic E-state index is 4.25. The van der Waals surface area contributed by atoms with Gasteiger partial charge in [0.2, 0.25) is 0 Å². The molecule has 0 aliphatic rings. The van der Waals surface area contributed by atoms with Crippen molar-refractivity contribution in [2.75, 3.05) is 13.6 Å². The third-order valence-electron chi connectivity index (χ3n) is 4.34. The number of nitrogens with zero attached hydrogens (tertiary/aromatic N) is 1. The molecule has 24 heavy (non-hydrogen) atoms. The zero-order chi connectivity index (χ0) is 17.7. The van der Waals surface area contributed by atoms with Gasteiger partial charge in [0.1, 0.15) is 0 Å². The Morgan fingerprint density at radius 1 is 0.917 bits per heavy atom. The van der Waals surface area contributed by atoms with Crippen LogP contribution in [-0.4, -0.2) is 18.5 Å². The molecule has 0 saturated carbocycles. The van der Waals surface area contributed by atoms with Crippen molar-refractivity contribution in [3.05, 3.63) is 77.4 Å². The molecular weight excluding hydrogens is 290 g/mol. The van der Waals surface area contributed by atoms with Crippen molar-refractivity contribution in [1.29, 1.82) is 0 Å². The van der Waals surface area contributed by atoms with Crippen LogP contribution in [0.5, 0.6) is 0 Å². The van der Waals surface area contributed by atoms with E-state index in [0.717, 1.165) is 25.1 Å². The second kappa shape index (κ2) is 7.70. The summed E-state index contributed by atoms with van der Waals surface area (Å²) < 4.78 is 0. The van der Waals surface area contributed by atoms with Crippen LogP contribution in [0.3, 0.4) is 0 Å². The molecule has 0 aliphatic heterocycles. The minimum Gasteiger partial charge on any atom is -0.374 e. The fourth-order valence-electron chi connectivity index (χ4n) is 2.83. The normalized spacial score (nSPS) is 11.4. The molecule has 0 saturated heterocycles. The molecule has 1 heteroatoms. The molecule has 0 spiro atoms. The van der Waals surface area contributed by atoms with Crippen molar-refractivity contribution in [3.8, 4) is 0 Å². The zero-order valence-electron chi connectivity index (χ0n) is 15.9. The van der Waals surface area contributed by atoms with Gasteiger partial charge in [-0.1, -0.05) is 81.4 Å². The van der Waals surface area contributed by atoms with Gasteiger partial charge in [-0.15, -0.1) is 0 Å². The first-order valence-corrected chi connectivity index (χ1v) is 8.79. The zero-order valence-corrected chi connectivity index (χ0v) is 15.9. The van der Waals surface area contributed by atoms with Gasteiger partial charge in [-0.2, -0.15) is 0 Å². The number of aryl methyl sites for hydroxylation is 1. The molecule has 2 aromatic carbocycles. The molecule has 0 aromatic heterocycles. The van der Waals surface area contributed by atoms with Crippen molar-refractivity contribution >= 4 is 5.70 Å². The van der Waals surface area contributed by atoms with E-state index in [1.165, 1.54) is 22.3 Å². The Hall–Kier alpha value is -2.02. The Bertz CT molecular complexity index is 657. The van der Waals surface area contributed by atoms with E-state index in [-0.39, 0.29) is 0 Å². The quantitative estimate of drug-likeness (QED) is 0.657. The van der Waals surface area contributed by atoms with E-state index < -0.39 is 0 Å². The molecule has 0 atom stereocenters. The minimum absolute atomic E-state index is 0.341. The number of hydrogen-bond donors (Lipinski definition) is 0. The van der Waals surface area contributed by atoms with Crippen molar-refractivity contribution in [1.82, 2.24) is 4.90 Å². The van der Waals surface area contributed by atoms with E-state index in [1.807, 2.05) is 0 Å². The van der Waals surface area contributed by atoms with E-state index in [9.17, 15) is 0 Å². The molecule has 0 fully saturated rings. The van der Waals surface area contributed by atoms with Crippen LogP contribution in [0.1, 0.15) is 43.0 Å². The summed E-state index contributed by atoms with van der Waals surface area (Å²) in [5.41, 5.74) is 6.71. The first kappa shape index (κ1) is 18.3. The maximum absolute atomic E-state index is 4.25. The monoisotopic (exact) mass is 321 g/mol. The SMILES string of the molecule is C=C(c1ccc(C)cc1)N(C)CCc1ccc(CC(C)(C)C)cc1. The Morgan fingerprint density at radius 2 is 1.46 bits per heavy atom. The number of likely N-dealkylation sites (N-methyl/N-ethyl adjacent to an activating group) is 1. The van der Waals surface area contributed by atoms with Crippen LogP contribution in [0.25, 0.3) is 5.70 Å². The molecule has 0 unspecified atom stereocenters. The highest BCUT2D eigenvalue weighted by atomic mass is 15.1. The highest BCUT2D eigenvalue weighted by Gasteiger charge is 2.11. The van der Waals surface area contributed by atoms with Crippen LogP contribution in [0.4, 0.5) is 0 Å². The highest BCUT2D eigenvalue weighted by Crippen LogP contribution is 2.21. The molecule has 2 aromatic rings. The largest absolute Gasteiger partial charge is 0.374 e. The lowest BCUT2D eigenvalue weighted by atomic mass is 9.88. The topological polar surface area (TPSA) is 3.24 Å². The Kier molecular flexibility index (Phi) is 5.88. The first-order valence-electron chi connectivity index (χ1n) is 8.79. The lowest BCUT2D eigenvalue weighted by molar-refractivity contribution is 0.411. The summed E-state index contributed by atoms with van der Waals surface area (Å²) in [6.45, 7) is 14.2. The van der Waals surface area contributed by atoms with Gasteiger partial charge in [0, 0.05) is 19.3 Å². The van der Waals surface area contributed by atoms with Gasteiger partial charge in [-0.25, -0.2) is 0 Å². The maximum Gasteiger partial charge on any atom is 0.0364 e. The summed E-state index contributed by atoms with van der Waals surface area (Å²) in [5.74, 6) is 0. The predicted octanol–water partition coefficient (Wildman–Crippen LogP) is 5.73. The van der Waals surface area contributed by atoms with Gasteiger partial charge in [0.25, 0.3) is 0 Å². The summed E-state index contributed by atoms with van der Waals surface area (Å²) >= 11 is 0. The van der Waals surface area contributed by atoms with E-state index in [1.54, 1.807) is 0 Å². The Labute approximate surface area is 148 Å². The van der Waals surface area contributed by atoms with Crippen LogP contribution >= 0.6 is 0 Å². The molecule has 0 heterocycles. The number of rotatable bonds is 6. The van der Waals surface area contributed by atoms with E-state index in [4.69, 9.17) is 0 Å². The molecule has 0 amide bonds. The molecule has 0 bridgehead atoms. The van der Waals surface area contributed by atoms with E-state index >= 15 is 0 Å². The van der Waals surface area contributed by atoms with Crippen LogP contribution in [0, 0.1) is 12.3 Å². The smallest absolute Gasteiger partial charge is 0.0364 e. The third kappa shape index (κ3) is 5.56. The van der Waals surface area contributed by atoms with E-state index in [0.29, 0.717) is 5.41 Å². The summed E-state index contributed by atoms with van der Waals surface area (Å²) in [4.78, 5) is 2.24. The predicted molar refractivity (Wildman–Crippen MR) is 106 cm³/mol. The summed E-state index contributed by atoms with van der Waals surface area (Å²) in [5, 5.41) is 0. The number of hydrogen-bond acceptors (Lipinski definition) is 1. The summed E-state index contributed by atoms with van der Waals surface area (Å²) in [6.07, 6.45) is 2.16. The molecule has 128 valence electrons. The summed E-state index contributed by atoms with van der Waals surface area (Å²) in [6, 6.07) is 17.7. The van der Waals surface area contributed by atoms with Crippen LogP contribution < -0.4 is 0 Å². The van der Waals surface area contributed by atoms with Crippen LogP contribution in [-0.2, 0) is 12.8 Å². The van der Waals surface area contributed by atoms with Crippen LogP contribution in [0.15, 0.2) is 55.1 Å². The van der Waals surface area contributed by atoms with Crippen molar-refractivity contribution in [3.63, 3.8) is 0 Å². The number of benzene rings is 2. The second-order valence-corrected chi connectivity index (χ2v) is 8.04. The highest BCUT2D eigenvalue weighted by molar-refractivity contribution is 5.61. The van der Waals surface area contributed by atoms with Gasteiger partial charge in [-0.3, -0.25) is 0 Å². The van der Waals surface area contributed by atoms with Gasteiger partial charge in [0.15, 0.2) is 0 Å². The molecule has 0 N–H and O–H groups in total. The van der Waals surface area contributed by atoms with Gasteiger partial charge in [-0.05, 0) is 41.9 Å². The third-order valence-corrected chi connectivity index (χ3v) is 4.34. The van der Waals surface area contributed by atoms with Crippen molar-refractivity contribution in [2.45, 2.75) is 40.5 Å². The van der Waals surface area contributed by atoms with Gasteiger partial charge >= 0.3 is 0 Å². The standard InChI is InChI=1S/C23H31N/c1-18-7-13-22(14-8-18)19(2)24(6)16-15-20-9-11-21(12-10-20)17-23(3,4)5/h7-14H,2,15-17H2,1,3-6H3. The first-order chi connectivity index (χ1) is 11.2. The Balaban J connectivity index is 1.90. The fraction of sp³-hybridized carbons (Fsp3) is 0.391. The van der Waals surface area contributed by atoms with Gasteiger partial charge in [0.05, 0.1) is 0 Å². The fourth-order valence-corrected chi connectivity index (χ4v) is 2.83. The summed E-state index contributed by atoms with van der Waals surface area (Å²) in [7, 11) is 2.12. The van der Waals surface area contributed by atoms with Crippen molar-refractivity contribution in [2.24, 2.45) is 5.41 Å². The van der Waals surface area contributed by atoms with Crippen molar-refractivity contribution < 1.29 is 0 Å². The average molecular weight is 322 g/mol. The lowest BCUT2D eigenvalue weighted by Gasteiger charge is -2.22. The second-order valence-electron chi connectivity index (χ2n) is 8.04. The van der Waals surface area contributed by atoms with Crippen LogP contribution in [0.2, 0.25) is 0 Å². The molecular formula is C23H31N. The molecule has 2 rings (SSSR count). The lowest BCUT2D eigenvalue weighted by Crippen LogP contribution is -2.19. The minimum atomic E-state index is 0.341.